The summed E-state index contributed by atoms with van der Waals surface area (Å²) in [4.78, 5) is 21.6. The van der Waals surface area contributed by atoms with E-state index in [0.29, 0.717) is 22.7 Å². The number of ketones is 1. The molecule has 0 aliphatic rings. The van der Waals surface area contributed by atoms with Crippen molar-refractivity contribution >= 4 is 28.3 Å². The van der Waals surface area contributed by atoms with E-state index in [1.165, 1.54) is 0 Å². The quantitative estimate of drug-likeness (QED) is 0.559. The molecule has 6 nitrogen and oxygen atoms in total. The molecule has 0 radical (unpaired) electrons. The van der Waals surface area contributed by atoms with Crippen LogP contribution >= 0.6 is 0 Å². The molecule has 0 aliphatic carbocycles. The molecule has 25 heavy (non-hydrogen) atoms. The van der Waals surface area contributed by atoms with Crippen molar-refractivity contribution in [2.45, 2.75) is 6.92 Å². The third kappa shape index (κ3) is 2.97. The Morgan fingerprint density at radius 3 is 2.52 bits per heavy atom. The third-order valence-corrected chi connectivity index (χ3v) is 3.79. The Kier molecular flexibility index (Phi) is 3.70. The summed E-state index contributed by atoms with van der Waals surface area (Å²) in [6.45, 7) is 1.92. The maximum atomic E-state index is 12.7. The van der Waals surface area contributed by atoms with Gasteiger partial charge in [0.1, 0.15) is 5.82 Å². The summed E-state index contributed by atoms with van der Waals surface area (Å²) in [6.07, 6.45) is 0. The van der Waals surface area contributed by atoms with E-state index in [1.54, 1.807) is 12.1 Å². The lowest BCUT2D eigenvalue weighted by Crippen LogP contribution is -2.09. The number of para-hydroxylation sites is 1. The minimum Gasteiger partial charge on any atom is -0.323 e. The van der Waals surface area contributed by atoms with E-state index < -0.39 is 0 Å². The molecule has 0 saturated heterocycles. The van der Waals surface area contributed by atoms with E-state index in [-0.39, 0.29) is 11.6 Å². The molecule has 0 aliphatic heterocycles. The zero-order chi connectivity index (χ0) is 17.2. The Morgan fingerprint density at radius 2 is 1.76 bits per heavy atom. The molecule has 0 amide bonds. The van der Waals surface area contributed by atoms with E-state index in [0.717, 1.165) is 11.1 Å². The molecule has 2 aromatic heterocycles. The number of aryl methyl sites for hydroxylation is 1. The minimum absolute atomic E-state index is 0.152. The van der Waals surface area contributed by atoms with Crippen LogP contribution in [0.5, 0.6) is 0 Å². The zero-order valence-corrected chi connectivity index (χ0v) is 13.5. The lowest BCUT2D eigenvalue weighted by Gasteiger charge is -2.09. The molecular weight excluding hydrogens is 314 g/mol. The molecule has 6 heteroatoms. The maximum Gasteiger partial charge on any atom is 0.230 e. The highest BCUT2D eigenvalue weighted by atomic mass is 16.1. The summed E-state index contributed by atoms with van der Waals surface area (Å²) in [5.74, 6) is 1.13. The number of carbonyl (C=O) groups excluding carboxylic acids is 1. The fraction of sp³-hybridized carbons (Fsp3) is 0.0526. The molecule has 0 atom stereocenters. The first-order chi connectivity index (χ1) is 12.2. The van der Waals surface area contributed by atoms with E-state index in [2.05, 4.69) is 25.5 Å². The summed E-state index contributed by atoms with van der Waals surface area (Å²) < 4.78 is 0. The van der Waals surface area contributed by atoms with Crippen molar-refractivity contribution in [3.63, 3.8) is 0 Å². The van der Waals surface area contributed by atoms with Crippen LogP contribution < -0.4 is 5.32 Å². The van der Waals surface area contributed by atoms with Gasteiger partial charge in [-0.25, -0.2) is 9.97 Å². The first-order valence-electron chi connectivity index (χ1n) is 7.86. The lowest BCUT2D eigenvalue weighted by molar-refractivity contribution is 0.103. The fourth-order valence-electron chi connectivity index (χ4n) is 2.60. The van der Waals surface area contributed by atoms with Crippen LogP contribution in [0.4, 0.5) is 11.6 Å². The second-order valence-corrected chi connectivity index (χ2v) is 5.67. The van der Waals surface area contributed by atoms with Crippen molar-refractivity contribution in [3.8, 4) is 0 Å². The first kappa shape index (κ1) is 15.0. The number of H-pyrrole nitrogens is 1. The number of fused-ring (bicyclic) bond motifs is 1. The molecule has 4 rings (SSSR count). The Labute approximate surface area is 144 Å². The Balaban J connectivity index is 1.82. The number of hydrogen-bond acceptors (Lipinski definition) is 5. The van der Waals surface area contributed by atoms with Crippen LogP contribution in [0.3, 0.4) is 0 Å². The van der Waals surface area contributed by atoms with E-state index in [4.69, 9.17) is 0 Å². The number of anilines is 2. The second kappa shape index (κ2) is 6.16. The van der Waals surface area contributed by atoms with Gasteiger partial charge in [0.25, 0.3) is 0 Å². The molecule has 0 bridgehead atoms. The monoisotopic (exact) mass is 329 g/mol. The maximum absolute atomic E-state index is 12.7. The Morgan fingerprint density at radius 1 is 1.00 bits per heavy atom. The van der Waals surface area contributed by atoms with Crippen LogP contribution in [0.2, 0.25) is 0 Å². The van der Waals surface area contributed by atoms with Gasteiger partial charge >= 0.3 is 0 Å². The van der Waals surface area contributed by atoms with Gasteiger partial charge in [-0.15, -0.1) is 0 Å². The largest absolute Gasteiger partial charge is 0.323 e. The normalized spacial score (nSPS) is 10.8. The molecule has 0 saturated carbocycles. The number of nitrogens with zero attached hydrogens (tertiary/aromatic N) is 3. The molecule has 4 aromatic rings. The van der Waals surface area contributed by atoms with Gasteiger partial charge in [-0.05, 0) is 19.1 Å². The summed E-state index contributed by atoms with van der Waals surface area (Å²) in [6, 6.07) is 18.4. The molecule has 2 heterocycles. The van der Waals surface area contributed by atoms with E-state index >= 15 is 0 Å². The average Bonchev–Trinajstić information content (AvgIpc) is 3.06. The number of nitrogens with one attached hydrogen (secondary N) is 2. The number of hydrogen-bond donors (Lipinski definition) is 2. The zero-order valence-electron chi connectivity index (χ0n) is 13.5. The van der Waals surface area contributed by atoms with Crippen LogP contribution in [0.1, 0.15) is 21.9 Å². The van der Waals surface area contributed by atoms with Crippen molar-refractivity contribution < 1.29 is 4.79 Å². The van der Waals surface area contributed by atoms with Crippen LogP contribution in [-0.2, 0) is 0 Å². The lowest BCUT2D eigenvalue weighted by atomic mass is 10.1. The predicted octanol–water partition coefficient (Wildman–Crippen LogP) is 3.64. The van der Waals surface area contributed by atoms with Crippen LogP contribution in [0.25, 0.3) is 10.9 Å². The summed E-state index contributed by atoms with van der Waals surface area (Å²) in [5, 5.41) is 11.0. The van der Waals surface area contributed by atoms with Crippen molar-refractivity contribution in [2.75, 3.05) is 5.32 Å². The highest BCUT2D eigenvalue weighted by Gasteiger charge is 2.16. The molecule has 0 unspecified atom stereocenters. The summed E-state index contributed by atoms with van der Waals surface area (Å²) in [7, 11) is 0. The number of aromatic amines is 1. The average molecular weight is 329 g/mol. The van der Waals surface area contributed by atoms with Gasteiger partial charge < -0.3 is 5.32 Å². The van der Waals surface area contributed by atoms with Gasteiger partial charge in [0.2, 0.25) is 11.6 Å². The van der Waals surface area contributed by atoms with Crippen LogP contribution in [0, 0.1) is 6.92 Å². The van der Waals surface area contributed by atoms with Gasteiger partial charge in [-0.1, -0.05) is 42.5 Å². The summed E-state index contributed by atoms with van der Waals surface area (Å²) >= 11 is 0. The number of rotatable bonds is 4. The molecule has 0 spiro atoms. The highest BCUT2D eigenvalue weighted by Crippen LogP contribution is 2.24. The molecular formula is C19H15N5O. The van der Waals surface area contributed by atoms with Gasteiger partial charge in [-0.2, -0.15) is 5.10 Å². The first-order valence-corrected chi connectivity index (χ1v) is 7.86. The van der Waals surface area contributed by atoms with Gasteiger partial charge in [0.15, 0.2) is 5.82 Å². The van der Waals surface area contributed by atoms with Crippen LogP contribution in [-0.4, -0.2) is 25.9 Å². The Hall–Kier alpha value is -3.54. The Bertz CT molecular complexity index is 1060. The molecule has 0 fully saturated rings. The smallest absolute Gasteiger partial charge is 0.230 e. The molecule has 122 valence electrons. The fourth-order valence-corrected chi connectivity index (χ4v) is 2.60. The molecule has 2 aromatic carbocycles. The topological polar surface area (TPSA) is 83.6 Å². The summed E-state index contributed by atoms with van der Waals surface area (Å²) in [5.41, 5.74) is 2.19. The van der Waals surface area contributed by atoms with Gasteiger partial charge in [0.05, 0.1) is 5.52 Å². The van der Waals surface area contributed by atoms with Gasteiger partial charge in [0, 0.05) is 22.7 Å². The van der Waals surface area contributed by atoms with Crippen molar-refractivity contribution in [1.82, 2.24) is 20.2 Å². The van der Waals surface area contributed by atoms with Crippen molar-refractivity contribution in [1.29, 1.82) is 0 Å². The number of carbonyl (C=O) groups is 1. The predicted molar refractivity (Wildman–Crippen MR) is 96.0 cm³/mol. The van der Waals surface area contributed by atoms with Crippen molar-refractivity contribution in [3.05, 3.63) is 77.7 Å². The number of benzene rings is 2. The third-order valence-electron chi connectivity index (χ3n) is 3.79. The van der Waals surface area contributed by atoms with Crippen LogP contribution in [0.15, 0.2) is 60.7 Å². The minimum atomic E-state index is -0.215. The SMILES string of the molecule is Cc1cc(Nc2nc(C(=O)c3ccccc3)nc3ccccc23)n[nH]1. The number of aromatic nitrogens is 4. The highest BCUT2D eigenvalue weighted by molar-refractivity contribution is 6.08. The van der Waals surface area contributed by atoms with E-state index in [1.807, 2.05) is 55.5 Å². The standard InChI is InChI=1S/C19H15N5O/c1-12-11-16(24-23-12)21-18-14-9-5-6-10-15(14)20-19(22-18)17(25)13-7-3-2-4-8-13/h2-11H,1H3,(H2,20,21,22,23,24). The second-order valence-electron chi connectivity index (χ2n) is 5.67. The van der Waals surface area contributed by atoms with Gasteiger partial charge in [-0.3, -0.25) is 9.89 Å². The molecule has 2 N–H and O–H groups in total. The van der Waals surface area contributed by atoms with E-state index in [9.17, 15) is 4.79 Å². The van der Waals surface area contributed by atoms with Crippen molar-refractivity contribution in [2.24, 2.45) is 0 Å².